The number of ether oxygens (including phenoxy) is 2. The third-order valence-corrected chi connectivity index (χ3v) is 4.99. The van der Waals surface area contributed by atoms with E-state index in [2.05, 4.69) is 5.32 Å². The van der Waals surface area contributed by atoms with Gasteiger partial charge in [-0.25, -0.2) is 0 Å². The van der Waals surface area contributed by atoms with Crippen molar-refractivity contribution >= 4 is 23.4 Å². The highest BCUT2D eigenvalue weighted by atomic mass is 16.6. The number of rotatable bonds is 4. The molecular weight excluding hydrogens is 336 g/mol. The third kappa shape index (κ3) is 3.05. The summed E-state index contributed by atoms with van der Waals surface area (Å²) in [6.07, 6.45) is 5.18. The first-order chi connectivity index (χ1) is 12.6. The highest BCUT2D eigenvalue weighted by Gasteiger charge is 2.46. The summed E-state index contributed by atoms with van der Waals surface area (Å²) in [7, 11) is 0. The summed E-state index contributed by atoms with van der Waals surface area (Å²) in [5, 5.41) is 2.77. The van der Waals surface area contributed by atoms with Crippen molar-refractivity contribution in [2.24, 2.45) is 11.8 Å². The van der Waals surface area contributed by atoms with Gasteiger partial charge in [0.15, 0.2) is 11.5 Å². The molecule has 7 heteroatoms. The third-order valence-electron chi connectivity index (χ3n) is 4.99. The highest BCUT2D eigenvalue weighted by Crippen LogP contribution is 2.35. The monoisotopic (exact) mass is 356 g/mol. The molecule has 3 amide bonds. The van der Waals surface area contributed by atoms with Gasteiger partial charge in [0.05, 0.1) is 11.8 Å². The van der Waals surface area contributed by atoms with Gasteiger partial charge in [0.25, 0.3) is 0 Å². The Balaban J connectivity index is 1.34. The molecule has 0 radical (unpaired) electrons. The van der Waals surface area contributed by atoms with Crippen LogP contribution in [0.1, 0.15) is 19.3 Å². The minimum absolute atomic E-state index is 0.0682. The van der Waals surface area contributed by atoms with Crippen molar-refractivity contribution < 1.29 is 23.9 Å². The maximum atomic E-state index is 12.4. The van der Waals surface area contributed by atoms with E-state index in [4.69, 9.17) is 9.47 Å². The summed E-state index contributed by atoms with van der Waals surface area (Å²) in [5.41, 5.74) is 0.594. The van der Waals surface area contributed by atoms with Crippen molar-refractivity contribution in [2.45, 2.75) is 19.3 Å². The molecule has 2 atom stereocenters. The molecule has 2 heterocycles. The fourth-order valence-corrected chi connectivity index (χ4v) is 3.65. The second kappa shape index (κ2) is 6.82. The molecule has 7 nitrogen and oxygen atoms in total. The van der Waals surface area contributed by atoms with Gasteiger partial charge in [-0.1, -0.05) is 12.2 Å². The topological polar surface area (TPSA) is 84.9 Å². The summed E-state index contributed by atoms with van der Waals surface area (Å²) in [4.78, 5) is 38.2. The molecule has 0 spiro atoms. The molecule has 26 heavy (non-hydrogen) atoms. The highest BCUT2D eigenvalue weighted by molar-refractivity contribution is 6.05. The second-order valence-electron chi connectivity index (χ2n) is 6.64. The van der Waals surface area contributed by atoms with Gasteiger partial charge in [-0.2, -0.15) is 0 Å². The molecule has 3 aliphatic rings. The van der Waals surface area contributed by atoms with Crippen molar-refractivity contribution in [3.63, 3.8) is 0 Å². The zero-order valence-electron chi connectivity index (χ0n) is 14.3. The first-order valence-corrected chi connectivity index (χ1v) is 8.83. The smallest absolute Gasteiger partial charge is 0.233 e. The number of anilines is 1. The van der Waals surface area contributed by atoms with Gasteiger partial charge < -0.3 is 14.8 Å². The molecule has 1 fully saturated rings. The largest absolute Gasteiger partial charge is 0.486 e. The molecular formula is C19H20N2O5. The van der Waals surface area contributed by atoms with E-state index in [0.717, 1.165) is 0 Å². The van der Waals surface area contributed by atoms with Crippen molar-refractivity contribution in [2.75, 3.05) is 25.1 Å². The first kappa shape index (κ1) is 16.6. The fourth-order valence-electron chi connectivity index (χ4n) is 3.65. The molecule has 0 saturated carbocycles. The number of carbonyl (C=O) groups is 3. The van der Waals surface area contributed by atoms with Crippen LogP contribution in [0.5, 0.6) is 11.5 Å². The normalized spacial score (nSPS) is 23.8. The van der Waals surface area contributed by atoms with Crippen LogP contribution in [0.3, 0.4) is 0 Å². The molecule has 1 saturated heterocycles. The van der Waals surface area contributed by atoms with Gasteiger partial charge in [-0.3, -0.25) is 19.3 Å². The number of fused-ring (bicyclic) bond motifs is 2. The maximum Gasteiger partial charge on any atom is 0.233 e. The Hall–Kier alpha value is -2.83. The number of nitrogens with one attached hydrogen (secondary N) is 1. The van der Waals surface area contributed by atoms with E-state index in [1.807, 2.05) is 12.2 Å². The second-order valence-corrected chi connectivity index (χ2v) is 6.64. The van der Waals surface area contributed by atoms with Gasteiger partial charge in [0, 0.05) is 24.7 Å². The van der Waals surface area contributed by atoms with E-state index in [0.29, 0.717) is 43.2 Å². The van der Waals surface area contributed by atoms with E-state index >= 15 is 0 Å². The van der Waals surface area contributed by atoms with Crippen LogP contribution in [0.25, 0.3) is 0 Å². The quantitative estimate of drug-likeness (QED) is 0.656. The average Bonchev–Trinajstić information content (AvgIpc) is 2.91. The molecule has 1 aliphatic carbocycles. The van der Waals surface area contributed by atoms with Gasteiger partial charge >= 0.3 is 0 Å². The van der Waals surface area contributed by atoms with Crippen LogP contribution >= 0.6 is 0 Å². The fraction of sp³-hybridized carbons (Fsp3) is 0.421. The Kier molecular flexibility index (Phi) is 4.36. The Labute approximate surface area is 150 Å². The minimum Gasteiger partial charge on any atom is -0.486 e. The SMILES string of the molecule is O=C(CCN1C(=O)C2CC=CCC2C1=O)Nc1ccc2c(c1)OCCO2. The number of hydrogen-bond acceptors (Lipinski definition) is 5. The molecule has 2 aliphatic heterocycles. The molecule has 0 bridgehead atoms. The Morgan fingerprint density at radius 3 is 2.38 bits per heavy atom. The Morgan fingerprint density at radius 1 is 1.04 bits per heavy atom. The van der Waals surface area contributed by atoms with E-state index in [1.54, 1.807) is 18.2 Å². The lowest BCUT2D eigenvalue weighted by Gasteiger charge is -2.19. The van der Waals surface area contributed by atoms with Crippen LogP contribution < -0.4 is 14.8 Å². The van der Waals surface area contributed by atoms with Crippen LogP contribution in [0, 0.1) is 11.8 Å². The summed E-state index contributed by atoms with van der Waals surface area (Å²) >= 11 is 0. The van der Waals surface area contributed by atoms with Gasteiger partial charge in [-0.15, -0.1) is 0 Å². The number of carbonyl (C=O) groups excluding carboxylic acids is 3. The molecule has 136 valence electrons. The number of likely N-dealkylation sites (tertiary alicyclic amines) is 1. The lowest BCUT2D eigenvalue weighted by Crippen LogP contribution is -2.34. The van der Waals surface area contributed by atoms with Crippen LogP contribution in [0.4, 0.5) is 5.69 Å². The zero-order valence-corrected chi connectivity index (χ0v) is 14.3. The lowest BCUT2D eigenvalue weighted by atomic mass is 9.85. The number of nitrogens with zero attached hydrogens (tertiary/aromatic N) is 1. The first-order valence-electron chi connectivity index (χ1n) is 8.83. The average molecular weight is 356 g/mol. The molecule has 1 aromatic rings. The van der Waals surface area contributed by atoms with E-state index in [1.165, 1.54) is 4.90 Å². The molecule has 2 unspecified atom stereocenters. The predicted molar refractivity (Wildman–Crippen MR) is 92.8 cm³/mol. The number of benzene rings is 1. The van der Waals surface area contributed by atoms with E-state index < -0.39 is 0 Å². The zero-order chi connectivity index (χ0) is 18.1. The van der Waals surface area contributed by atoms with Crippen LogP contribution in [0.15, 0.2) is 30.4 Å². The number of amides is 3. The van der Waals surface area contributed by atoms with Gasteiger partial charge in [0.1, 0.15) is 13.2 Å². The number of hydrogen-bond donors (Lipinski definition) is 1. The maximum absolute atomic E-state index is 12.4. The molecule has 1 N–H and O–H groups in total. The summed E-state index contributed by atoms with van der Waals surface area (Å²) in [5.74, 6) is 0.166. The Bertz CT molecular complexity index is 762. The van der Waals surface area contributed by atoms with Crippen LogP contribution in [-0.2, 0) is 14.4 Å². The van der Waals surface area contributed by atoms with Gasteiger partial charge in [-0.05, 0) is 25.0 Å². The summed E-state index contributed by atoms with van der Waals surface area (Å²) in [6, 6.07) is 5.19. The standard InChI is InChI=1S/C19H20N2O5/c22-17(20-12-5-6-15-16(11-12)26-10-9-25-15)7-8-21-18(23)13-3-1-2-4-14(13)19(21)24/h1-2,5-6,11,13-14H,3-4,7-10H2,(H,20,22). The van der Waals surface area contributed by atoms with Crippen LogP contribution in [-0.4, -0.2) is 42.4 Å². The Morgan fingerprint density at radius 2 is 1.69 bits per heavy atom. The number of allylic oxidation sites excluding steroid dienone is 2. The molecule has 0 aromatic heterocycles. The molecule has 1 aromatic carbocycles. The summed E-state index contributed by atoms with van der Waals surface area (Å²) < 4.78 is 10.9. The summed E-state index contributed by atoms with van der Waals surface area (Å²) in [6.45, 7) is 1.09. The van der Waals surface area contributed by atoms with E-state index in [-0.39, 0.29) is 42.5 Å². The van der Waals surface area contributed by atoms with Crippen molar-refractivity contribution in [3.05, 3.63) is 30.4 Å². The van der Waals surface area contributed by atoms with Crippen molar-refractivity contribution in [3.8, 4) is 11.5 Å². The van der Waals surface area contributed by atoms with Crippen molar-refractivity contribution in [1.29, 1.82) is 0 Å². The predicted octanol–water partition coefficient (Wildman–Crippen LogP) is 1.74. The lowest BCUT2D eigenvalue weighted by molar-refractivity contribution is -0.140. The molecule has 4 rings (SSSR count). The van der Waals surface area contributed by atoms with E-state index in [9.17, 15) is 14.4 Å². The van der Waals surface area contributed by atoms with Crippen LogP contribution in [0.2, 0.25) is 0 Å². The van der Waals surface area contributed by atoms with Crippen molar-refractivity contribution in [1.82, 2.24) is 4.90 Å². The number of imide groups is 1. The van der Waals surface area contributed by atoms with Gasteiger partial charge in [0.2, 0.25) is 17.7 Å². The minimum atomic E-state index is -0.256.